The first-order chi connectivity index (χ1) is 11.0. The van der Waals surface area contributed by atoms with E-state index in [1.54, 1.807) is 13.0 Å². The Morgan fingerprint density at radius 3 is 2.74 bits per heavy atom. The van der Waals surface area contributed by atoms with Crippen LogP contribution in [0.1, 0.15) is 18.9 Å². The molecular formula is C16H18FNO5. The first-order valence-corrected chi connectivity index (χ1v) is 7.28. The second kappa shape index (κ2) is 7.21. The van der Waals surface area contributed by atoms with Gasteiger partial charge in [0.1, 0.15) is 6.54 Å². The van der Waals surface area contributed by atoms with E-state index in [-0.39, 0.29) is 31.7 Å². The number of esters is 1. The molecule has 1 heterocycles. The number of rotatable bonds is 6. The molecule has 0 bridgehead atoms. The molecule has 23 heavy (non-hydrogen) atoms. The van der Waals surface area contributed by atoms with E-state index in [1.165, 1.54) is 19.2 Å². The van der Waals surface area contributed by atoms with Crippen molar-refractivity contribution < 1.29 is 28.2 Å². The Morgan fingerprint density at radius 2 is 2.13 bits per heavy atom. The summed E-state index contributed by atoms with van der Waals surface area (Å²) >= 11 is 0. The number of hydrogen-bond acceptors (Lipinski definition) is 5. The molecule has 1 saturated heterocycles. The molecule has 1 fully saturated rings. The summed E-state index contributed by atoms with van der Waals surface area (Å²) in [5, 5.41) is 0. The number of hydrogen-bond donors (Lipinski definition) is 0. The van der Waals surface area contributed by atoms with Crippen LogP contribution in [0.4, 0.5) is 4.39 Å². The van der Waals surface area contributed by atoms with E-state index in [0.717, 1.165) is 4.90 Å². The molecule has 7 heteroatoms. The van der Waals surface area contributed by atoms with E-state index in [4.69, 9.17) is 9.47 Å². The molecule has 0 aliphatic carbocycles. The highest BCUT2D eigenvalue weighted by molar-refractivity contribution is 6.05. The van der Waals surface area contributed by atoms with Crippen molar-refractivity contribution in [3.05, 3.63) is 29.6 Å². The quantitative estimate of drug-likeness (QED) is 0.583. The Hall–Kier alpha value is -2.44. The highest BCUT2D eigenvalue weighted by Crippen LogP contribution is 2.25. The van der Waals surface area contributed by atoms with E-state index >= 15 is 0 Å². The van der Waals surface area contributed by atoms with Crippen LogP contribution in [0.3, 0.4) is 0 Å². The number of carbonyl (C=O) groups excluding carboxylic acids is 3. The number of nitrogens with zero attached hydrogens (tertiary/aromatic N) is 1. The zero-order valence-electron chi connectivity index (χ0n) is 13.0. The number of amides is 2. The third-order valence-corrected chi connectivity index (χ3v) is 3.63. The number of imide groups is 1. The fourth-order valence-electron chi connectivity index (χ4n) is 2.53. The highest BCUT2D eigenvalue weighted by Gasteiger charge is 2.39. The summed E-state index contributed by atoms with van der Waals surface area (Å²) in [7, 11) is 1.37. The number of likely N-dealkylation sites (tertiary alicyclic amines) is 1. The molecule has 0 N–H and O–H groups in total. The van der Waals surface area contributed by atoms with Gasteiger partial charge in [0.2, 0.25) is 11.8 Å². The summed E-state index contributed by atoms with van der Waals surface area (Å²) in [4.78, 5) is 36.5. The fraction of sp³-hybridized carbons (Fsp3) is 0.438. The van der Waals surface area contributed by atoms with Crippen LogP contribution in [0.25, 0.3) is 0 Å². The van der Waals surface area contributed by atoms with Gasteiger partial charge < -0.3 is 9.47 Å². The third-order valence-electron chi connectivity index (χ3n) is 3.63. The van der Waals surface area contributed by atoms with Gasteiger partial charge in [0.15, 0.2) is 11.6 Å². The second-order valence-electron chi connectivity index (χ2n) is 5.20. The highest BCUT2D eigenvalue weighted by atomic mass is 19.1. The largest absolute Gasteiger partial charge is 0.494 e. The second-order valence-corrected chi connectivity index (χ2v) is 5.20. The molecule has 2 amide bonds. The van der Waals surface area contributed by atoms with Crippen LogP contribution in [0.2, 0.25) is 0 Å². The van der Waals surface area contributed by atoms with Crippen molar-refractivity contribution in [3.63, 3.8) is 0 Å². The molecule has 0 radical (unpaired) electrons. The molecule has 2 rings (SSSR count). The van der Waals surface area contributed by atoms with Crippen LogP contribution in [-0.2, 0) is 25.5 Å². The summed E-state index contributed by atoms with van der Waals surface area (Å²) in [6.45, 7) is 1.45. The minimum absolute atomic E-state index is 0.00584. The molecule has 0 aromatic heterocycles. The predicted molar refractivity (Wildman–Crippen MR) is 78.1 cm³/mol. The van der Waals surface area contributed by atoms with E-state index in [2.05, 4.69) is 0 Å². The minimum atomic E-state index is -0.620. The Morgan fingerprint density at radius 1 is 1.39 bits per heavy atom. The van der Waals surface area contributed by atoms with E-state index < -0.39 is 29.5 Å². The molecule has 1 unspecified atom stereocenters. The van der Waals surface area contributed by atoms with Crippen LogP contribution in [0.5, 0.6) is 5.75 Å². The fourth-order valence-corrected chi connectivity index (χ4v) is 2.53. The molecule has 1 aromatic carbocycles. The lowest BCUT2D eigenvalue weighted by Gasteiger charge is -2.14. The minimum Gasteiger partial charge on any atom is -0.494 e. The lowest BCUT2D eigenvalue weighted by atomic mass is 9.98. The summed E-state index contributed by atoms with van der Waals surface area (Å²) in [5.41, 5.74) is 0.590. The molecule has 1 atom stereocenters. The van der Waals surface area contributed by atoms with Crippen molar-refractivity contribution in [2.24, 2.45) is 5.92 Å². The van der Waals surface area contributed by atoms with Crippen molar-refractivity contribution in [1.29, 1.82) is 0 Å². The molecule has 1 aromatic rings. The summed E-state index contributed by atoms with van der Waals surface area (Å²) < 4.78 is 23.3. The van der Waals surface area contributed by atoms with Gasteiger partial charge in [-0.15, -0.1) is 0 Å². The standard InChI is InChI=1S/C16H18FNO5/c1-3-23-15(20)9-18-14(19)8-11(16(18)21)6-10-4-5-13(22-2)12(17)7-10/h4-5,7,11H,3,6,8-9H2,1-2H3. The Balaban J connectivity index is 2.04. The number of carbonyl (C=O) groups is 3. The summed E-state index contributed by atoms with van der Waals surface area (Å²) in [6.07, 6.45) is 0.233. The van der Waals surface area contributed by atoms with Crippen molar-refractivity contribution in [1.82, 2.24) is 4.90 Å². The maximum absolute atomic E-state index is 13.7. The van der Waals surface area contributed by atoms with Crippen molar-refractivity contribution in [3.8, 4) is 5.75 Å². The average molecular weight is 323 g/mol. The first kappa shape index (κ1) is 16.9. The van der Waals surface area contributed by atoms with Gasteiger partial charge in [0, 0.05) is 6.42 Å². The zero-order valence-corrected chi connectivity index (χ0v) is 13.0. The Labute approximate surface area is 133 Å². The third kappa shape index (κ3) is 3.85. The average Bonchev–Trinajstić information content (AvgIpc) is 2.75. The molecule has 124 valence electrons. The molecule has 1 aliphatic heterocycles. The van der Waals surface area contributed by atoms with E-state index in [1.807, 2.05) is 0 Å². The zero-order chi connectivity index (χ0) is 17.0. The van der Waals surface area contributed by atoms with Crippen LogP contribution >= 0.6 is 0 Å². The van der Waals surface area contributed by atoms with Crippen molar-refractivity contribution in [2.45, 2.75) is 19.8 Å². The van der Waals surface area contributed by atoms with Gasteiger partial charge in [0.05, 0.1) is 19.6 Å². The predicted octanol–water partition coefficient (Wildman–Crippen LogP) is 1.31. The van der Waals surface area contributed by atoms with E-state index in [9.17, 15) is 18.8 Å². The number of benzene rings is 1. The number of methoxy groups -OCH3 is 1. The van der Waals surface area contributed by atoms with Gasteiger partial charge >= 0.3 is 5.97 Å². The van der Waals surface area contributed by atoms with Gasteiger partial charge in [-0.05, 0) is 31.0 Å². The van der Waals surface area contributed by atoms with Crippen LogP contribution in [0, 0.1) is 11.7 Å². The topological polar surface area (TPSA) is 72.9 Å². The molecular weight excluding hydrogens is 305 g/mol. The number of ether oxygens (including phenoxy) is 2. The van der Waals surface area contributed by atoms with Crippen LogP contribution in [-0.4, -0.2) is 42.9 Å². The SMILES string of the molecule is CCOC(=O)CN1C(=O)CC(Cc2ccc(OC)c(F)c2)C1=O. The normalized spacial score (nSPS) is 17.5. The van der Waals surface area contributed by atoms with Crippen LogP contribution in [0.15, 0.2) is 18.2 Å². The summed E-state index contributed by atoms with van der Waals surface area (Å²) in [5.74, 6) is -2.46. The van der Waals surface area contributed by atoms with E-state index in [0.29, 0.717) is 5.56 Å². The van der Waals surface area contributed by atoms with Gasteiger partial charge in [-0.1, -0.05) is 6.07 Å². The Bertz CT molecular complexity index is 631. The van der Waals surface area contributed by atoms with Crippen molar-refractivity contribution in [2.75, 3.05) is 20.3 Å². The number of halogens is 1. The molecule has 0 spiro atoms. The van der Waals surface area contributed by atoms with Gasteiger partial charge in [-0.3, -0.25) is 19.3 Å². The summed E-state index contributed by atoms with van der Waals surface area (Å²) in [6, 6.07) is 4.40. The first-order valence-electron chi connectivity index (χ1n) is 7.28. The Kier molecular flexibility index (Phi) is 5.31. The maximum atomic E-state index is 13.7. The molecule has 1 aliphatic rings. The van der Waals surface area contributed by atoms with Crippen LogP contribution < -0.4 is 4.74 Å². The van der Waals surface area contributed by atoms with Crippen molar-refractivity contribution >= 4 is 17.8 Å². The maximum Gasteiger partial charge on any atom is 0.326 e. The monoisotopic (exact) mass is 323 g/mol. The van der Waals surface area contributed by atoms with Gasteiger partial charge in [-0.2, -0.15) is 0 Å². The smallest absolute Gasteiger partial charge is 0.326 e. The molecule has 6 nitrogen and oxygen atoms in total. The van der Waals surface area contributed by atoms with Gasteiger partial charge in [-0.25, -0.2) is 4.39 Å². The molecule has 0 saturated carbocycles. The lowest BCUT2D eigenvalue weighted by molar-refractivity contribution is -0.152. The van der Waals surface area contributed by atoms with Gasteiger partial charge in [0.25, 0.3) is 0 Å². The lowest BCUT2D eigenvalue weighted by Crippen LogP contribution is -2.36.